The van der Waals surface area contributed by atoms with E-state index in [-0.39, 0.29) is 23.4 Å². The Morgan fingerprint density at radius 3 is 1.57 bits per heavy atom. The molecule has 0 radical (unpaired) electrons. The van der Waals surface area contributed by atoms with Crippen molar-refractivity contribution in [2.24, 2.45) is 11.8 Å². The predicted octanol–water partition coefficient (Wildman–Crippen LogP) is 8.02. The van der Waals surface area contributed by atoms with Gasteiger partial charge in [-0.3, -0.25) is 19.0 Å². The summed E-state index contributed by atoms with van der Waals surface area (Å²) >= 11 is 11.8. The van der Waals surface area contributed by atoms with Crippen molar-refractivity contribution >= 4 is 35.0 Å². The number of fused-ring (bicyclic) bond motifs is 6. The van der Waals surface area contributed by atoms with Crippen molar-refractivity contribution in [1.82, 2.24) is 39.6 Å². The first-order valence-electron chi connectivity index (χ1n) is 22.4. The molecule has 0 saturated carbocycles. The van der Waals surface area contributed by atoms with Gasteiger partial charge >= 0.3 is 0 Å². The maximum Gasteiger partial charge on any atom is 0.223 e. The van der Waals surface area contributed by atoms with Gasteiger partial charge in [0, 0.05) is 71.3 Å². The van der Waals surface area contributed by atoms with Gasteiger partial charge in [0.1, 0.15) is 11.6 Å². The topological polar surface area (TPSA) is 91.5 Å². The predicted molar refractivity (Wildman–Crippen MR) is 232 cm³/mol. The van der Waals surface area contributed by atoms with Crippen molar-refractivity contribution in [3.8, 4) is 0 Å². The van der Waals surface area contributed by atoms with Crippen molar-refractivity contribution in [3.05, 3.63) is 103 Å². The highest BCUT2D eigenvalue weighted by atomic mass is 35.5. The molecular weight excluding hydrogens is 817 g/mol. The number of hydrogen-bond donors (Lipinski definition) is 1. The largest absolute Gasteiger partial charge is 0.336 e. The highest BCUT2D eigenvalue weighted by Crippen LogP contribution is 2.39. The minimum atomic E-state index is -0.325. The molecule has 326 valence electrons. The molecule has 4 aromatic rings. The van der Waals surface area contributed by atoms with Gasteiger partial charge in [-0.25, -0.2) is 8.78 Å². The minimum absolute atomic E-state index is 0.245. The van der Waals surface area contributed by atoms with Gasteiger partial charge in [-0.2, -0.15) is 10.2 Å². The van der Waals surface area contributed by atoms with E-state index in [0.717, 1.165) is 74.4 Å². The Morgan fingerprint density at radius 2 is 1.13 bits per heavy atom. The third-order valence-electron chi connectivity index (χ3n) is 14.7. The quantitative estimate of drug-likeness (QED) is 0.193. The lowest BCUT2D eigenvalue weighted by Crippen LogP contribution is -2.42. The van der Waals surface area contributed by atoms with Gasteiger partial charge in [-0.05, 0) is 132 Å². The van der Waals surface area contributed by atoms with E-state index in [0.29, 0.717) is 96.2 Å². The molecular formula is C47H58Cl2F2N8O2. The molecule has 8 heterocycles. The molecule has 61 heavy (non-hydrogen) atoms. The number of nitrogens with one attached hydrogen (secondary N) is 1. The zero-order valence-corrected chi connectivity index (χ0v) is 37.1. The molecule has 0 spiro atoms. The Kier molecular flexibility index (Phi) is 12.3. The van der Waals surface area contributed by atoms with Crippen LogP contribution >= 0.6 is 23.2 Å². The van der Waals surface area contributed by atoms with E-state index >= 15 is 0 Å². The second kappa shape index (κ2) is 17.7. The Morgan fingerprint density at radius 1 is 0.689 bits per heavy atom. The summed E-state index contributed by atoms with van der Waals surface area (Å²) in [6.07, 6.45) is 12.5. The Bertz CT molecular complexity index is 2270. The number of hydrogen-bond acceptors (Lipinski definition) is 6. The molecule has 2 amide bonds. The van der Waals surface area contributed by atoms with Gasteiger partial charge in [0.25, 0.3) is 0 Å². The summed E-state index contributed by atoms with van der Waals surface area (Å²) in [5.74, 6) is 0.839. The molecule has 2 aromatic carbocycles. The number of carbonyl (C=O) groups excluding carboxylic acids is 2. The van der Waals surface area contributed by atoms with Crippen LogP contribution < -0.4 is 5.32 Å². The van der Waals surface area contributed by atoms with Gasteiger partial charge in [0.05, 0.1) is 49.0 Å². The molecule has 6 aliphatic heterocycles. The van der Waals surface area contributed by atoms with Crippen LogP contribution in [0.5, 0.6) is 0 Å². The Hall–Kier alpha value is -3.84. The maximum absolute atomic E-state index is 14.3. The number of piperidine rings is 2. The lowest BCUT2D eigenvalue weighted by atomic mass is 9.88. The van der Waals surface area contributed by atoms with Crippen LogP contribution in [0.2, 0.25) is 10.0 Å². The van der Waals surface area contributed by atoms with Crippen molar-refractivity contribution in [3.63, 3.8) is 0 Å². The smallest absolute Gasteiger partial charge is 0.223 e. The summed E-state index contributed by atoms with van der Waals surface area (Å²) < 4.78 is 32.4. The summed E-state index contributed by atoms with van der Waals surface area (Å²) in [6, 6.07) is 12.0. The van der Waals surface area contributed by atoms with Gasteiger partial charge < -0.3 is 20.0 Å². The lowest BCUT2D eigenvalue weighted by molar-refractivity contribution is -0.134. The van der Waals surface area contributed by atoms with Gasteiger partial charge in [-0.15, -0.1) is 0 Å². The van der Waals surface area contributed by atoms with E-state index < -0.39 is 0 Å². The summed E-state index contributed by atoms with van der Waals surface area (Å²) in [4.78, 5) is 32.7. The number of carbonyl (C=O) groups is 2. The highest BCUT2D eigenvalue weighted by Gasteiger charge is 2.40. The summed E-state index contributed by atoms with van der Waals surface area (Å²) in [5, 5.41) is 13.8. The number of benzene rings is 2. The molecule has 10 nitrogen and oxygen atoms in total. The molecule has 0 aliphatic carbocycles. The first-order chi connectivity index (χ1) is 29.3. The van der Waals surface area contributed by atoms with Crippen LogP contribution in [-0.4, -0.2) is 90.4 Å². The van der Waals surface area contributed by atoms with Crippen molar-refractivity contribution in [1.29, 1.82) is 0 Å². The number of halogens is 4. The van der Waals surface area contributed by atoms with E-state index in [1.54, 1.807) is 24.3 Å². The van der Waals surface area contributed by atoms with Crippen LogP contribution in [0.15, 0.2) is 36.4 Å². The molecule has 10 rings (SSSR count). The number of nitrogens with zero attached hydrogens (tertiary/aromatic N) is 7. The number of amides is 2. The van der Waals surface area contributed by atoms with Crippen LogP contribution in [0.3, 0.4) is 0 Å². The average Bonchev–Trinajstić information content (AvgIpc) is 3.90. The summed E-state index contributed by atoms with van der Waals surface area (Å²) in [5.41, 5.74) is 7.54. The number of aromatic nitrogens is 4. The normalized spacial score (nSPS) is 25.6. The van der Waals surface area contributed by atoms with E-state index in [4.69, 9.17) is 23.2 Å². The number of aryl methyl sites for hydroxylation is 2. The van der Waals surface area contributed by atoms with E-state index in [1.165, 1.54) is 48.9 Å². The minimum Gasteiger partial charge on any atom is -0.336 e. The molecule has 4 atom stereocenters. The first-order valence-corrected chi connectivity index (χ1v) is 23.1. The second-order valence-corrected chi connectivity index (χ2v) is 19.6. The summed E-state index contributed by atoms with van der Waals surface area (Å²) in [7, 11) is 2.24. The third kappa shape index (κ3) is 9.15. The fourth-order valence-corrected chi connectivity index (χ4v) is 11.8. The van der Waals surface area contributed by atoms with Crippen LogP contribution in [-0.2, 0) is 48.6 Å². The van der Waals surface area contributed by atoms with Crippen molar-refractivity contribution < 1.29 is 18.4 Å². The average molecular weight is 876 g/mol. The molecule has 4 unspecified atom stereocenters. The summed E-state index contributed by atoms with van der Waals surface area (Å²) in [6.45, 7) is 7.29. The first kappa shape index (κ1) is 42.5. The highest BCUT2D eigenvalue weighted by molar-refractivity contribution is 6.30. The fourth-order valence-electron chi connectivity index (χ4n) is 11.4. The van der Waals surface area contributed by atoms with E-state index in [9.17, 15) is 18.4 Å². The number of rotatable bonds is 8. The van der Waals surface area contributed by atoms with E-state index in [2.05, 4.69) is 27.5 Å². The van der Waals surface area contributed by atoms with Crippen molar-refractivity contribution in [2.75, 3.05) is 20.1 Å². The van der Waals surface area contributed by atoms with Gasteiger partial charge in [0.15, 0.2) is 0 Å². The van der Waals surface area contributed by atoms with Crippen LogP contribution in [0.25, 0.3) is 0 Å². The molecule has 6 aliphatic rings. The second-order valence-electron chi connectivity index (χ2n) is 18.7. The zero-order valence-electron chi connectivity index (χ0n) is 35.6. The molecule has 4 saturated heterocycles. The van der Waals surface area contributed by atoms with Gasteiger partial charge in [-0.1, -0.05) is 35.3 Å². The van der Waals surface area contributed by atoms with Gasteiger partial charge in [0.2, 0.25) is 11.8 Å². The third-order valence-corrected chi connectivity index (χ3v) is 15.2. The zero-order chi connectivity index (χ0) is 42.5. The van der Waals surface area contributed by atoms with Crippen LogP contribution in [0.4, 0.5) is 8.78 Å². The fraction of sp³-hybridized carbons (Fsp3) is 0.574. The monoisotopic (exact) mass is 874 g/mol. The molecule has 14 heteroatoms. The lowest BCUT2D eigenvalue weighted by Gasteiger charge is -2.37. The van der Waals surface area contributed by atoms with E-state index in [1.807, 2.05) is 33.0 Å². The SMILES string of the molecule is Cc1nn(Cc2ccc(Cl)cc2F)c2c1CCN(C(=O)CC1CC3CCC(C1)N3)C2.Cc1nn(Cc2ccc(Cl)cc2F)c2c1CCN(C(=O)CC1CC3CCC(C1)N3C)C2. The Labute approximate surface area is 367 Å². The van der Waals surface area contributed by atoms with Crippen LogP contribution in [0, 0.1) is 37.3 Å². The molecule has 1 N–H and O–H groups in total. The molecule has 4 fully saturated rings. The van der Waals surface area contributed by atoms with Crippen molar-refractivity contribution in [2.45, 2.75) is 141 Å². The molecule has 2 aromatic heterocycles. The maximum atomic E-state index is 14.3. The molecule has 4 bridgehead atoms. The standard InChI is InChI=1S/C24H30ClFN4O.C23H28ClFN4O/c1-15-21-7-8-29(24(31)11-16-9-19-5-6-20(10-16)28(19)2)14-23(21)30(27-15)13-17-3-4-18(25)12-22(17)26;1-14-20-6-7-28(23(30)10-15-8-18-4-5-19(9-15)26-18)13-22(20)29(27-14)12-16-2-3-17(24)11-21(16)25/h3-4,12,16,19-20H,5-11,13-14H2,1-2H3;2-3,11,15,18-19,26H,4-10,12-13H2,1H3. The Balaban J connectivity index is 0.000000156. The van der Waals surface area contributed by atoms with Crippen LogP contribution in [0.1, 0.15) is 109 Å².